The molecule has 1 heterocycles. The zero-order chi connectivity index (χ0) is 11.4. The highest BCUT2D eigenvalue weighted by atomic mass is 19.1. The summed E-state index contributed by atoms with van der Waals surface area (Å²) in [6.07, 6.45) is 2.05. The molecule has 2 aromatic rings. The molecule has 0 spiro atoms. The first-order valence-electron chi connectivity index (χ1n) is 4.56. The molecule has 16 heavy (non-hydrogen) atoms. The van der Waals surface area contributed by atoms with Gasteiger partial charge in [0.25, 0.3) is 0 Å². The molecule has 0 aliphatic carbocycles. The van der Waals surface area contributed by atoms with Crippen LogP contribution in [0.5, 0.6) is 5.75 Å². The molecule has 2 rings (SSSR count). The molecule has 0 N–H and O–H groups in total. The lowest BCUT2D eigenvalue weighted by Gasteiger charge is -2.04. The molecule has 0 aliphatic rings. The standard InChI is InChI=1S/C11H8FNO3/c12-9-3-8(6-14)4-11(5-9)15-7-10-1-2-13-16-10/h1-6H,7H2. The number of aromatic nitrogens is 1. The summed E-state index contributed by atoms with van der Waals surface area (Å²) in [4.78, 5) is 10.5. The second-order valence-electron chi connectivity index (χ2n) is 3.11. The molecule has 0 radical (unpaired) electrons. The van der Waals surface area contributed by atoms with E-state index in [9.17, 15) is 9.18 Å². The maximum absolute atomic E-state index is 13.0. The summed E-state index contributed by atoms with van der Waals surface area (Å²) in [5, 5.41) is 3.50. The van der Waals surface area contributed by atoms with Crippen molar-refractivity contribution in [2.24, 2.45) is 0 Å². The lowest BCUT2D eigenvalue weighted by Crippen LogP contribution is -1.95. The van der Waals surface area contributed by atoms with E-state index in [0.717, 1.165) is 6.07 Å². The summed E-state index contributed by atoms with van der Waals surface area (Å²) >= 11 is 0. The van der Waals surface area contributed by atoms with Crippen LogP contribution in [0, 0.1) is 5.82 Å². The first-order valence-corrected chi connectivity index (χ1v) is 4.56. The zero-order valence-corrected chi connectivity index (χ0v) is 8.22. The number of aldehydes is 1. The fraction of sp³-hybridized carbons (Fsp3) is 0.0909. The van der Waals surface area contributed by atoms with Crippen molar-refractivity contribution in [3.05, 3.63) is 47.6 Å². The third kappa shape index (κ3) is 2.44. The first-order chi connectivity index (χ1) is 7.78. The Labute approximate surface area is 90.6 Å². The summed E-state index contributed by atoms with van der Waals surface area (Å²) in [6, 6.07) is 5.42. The van der Waals surface area contributed by atoms with Gasteiger partial charge in [-0.2, -0.15) is 0 Å². The number of carbonyl (C=O) groups is 1. The second kappa shape index (κ2) is 4.57. The molecule has 1 aromatic carbocycles. The van der Waals surface area contributed by atoms with Crippen LogP contribution in [-0.4, -0.2) is 11.4 Å². The SMILES string of the molecule is O=Cc1cc(F)cc(OCc2ccno2)c1. The van der Waals surface area contributed by atoms with Gasteiger partial charge < -0.3 is 9.26 Å². The van der Waals surface area contributed by atoms with Crippen molar-refractivity contribution in [3.63, 3.8) is 0 Å². The van der Waals surface area contributed by atoms with Crippen molar-refractivity contribution < 1.29 is 18.4 Å². The highest BCUT2D eigenvalue weighted by molar-refractivity contribution is 5.75. The fourth-order valence-electron chi connectivity index (χ4n) is 1.21. The molecule has 0 saturated heterocycles. The van der Waals surface area contributed by atoms with Gasteiger partial charge in [0, 0.05) is 17.7 Å². The van der Waals surface area contributed by atoms with Gasteiger partial charge in [-0.3, -0.25) is 4.79 Å². The van der Waals surface area contributed by atoms with E-state index in [2.05, 4.69) is 5.16 Å². The van der Waals surface area contributed by atoms with Crippen LogP contribution in [0.2, 0.25) is 0 Å². The summed E-state index contributed by atoms with van der Waals surface area (Å²) in [7, 11) is 0. The van der Waals surface area contributed by atoms with Crippen LogP contribution in [0.3, 0.4) is 0 Å². The number of hydrogen-bond acceptors (Lipinski definition) is 4. The third-order valence-corrected chi connectivity index (χ3v) is 1.90. The fourth-order valence-corrected chi connectivity index (χ4v) is 1.21. The smallest absolute Gasteiger partial charge is 0.174 e. The molecule has 0 saturated carbocycles. The molecule has 82 valence electrons. The van der Waals surface area contributed by atoms with Gasteiger partial charge >= 0.3 is 0 Å². The van der Waals surface area contributed by atoms with E-state index in [-0.39, 0.29) is 17.9 Å². The van der Waals surface area contributed by atoms with E-state index < -0.39 is 5.82 Å². The van der Waals surface area contributed by atoms with Gasteiger partial charge in [0.2, 0.25) is 0 Å². The third-order valence-electron chi connectivity index (χ3n) is 1.90. The van der Waals surface area contributed by atoms with Gasteiger partial charge in [-0.15, -0.1) is 0 Å². The normalized spacial score (nSPS) is 10.1. The first kappa shape index (κ1) is 10.4. The summed E-state index contributed by atoms with van der Waals surface area (Å²) in [5.41, 5.74) is 0.229. The molecule has 0 unspecified atom stereocenters. The molecule has 5 heteroatoms. The van der Waals surface area contributed by atoms with Crippen LogP contribution in [0.1, 0.15) is 16.1 Å². The van der Waals surface area contributed by atoms with Crippen LogP contribution in [-0.2, 0) is 6.61 Å². The van der Waals surface area contributed by atoms with Gasteiger partial charge in [0.05, 0.1) is 6.20 Å². The molecule has 0 amide bonds. The van der Waals surface area contributed by atoms with Crippen molar-refractivity contribution in [2.75, 3.05) is 0 Å². The lowest BCUT2D eigenvalue weighted by atomic mass is 10.2. The highest BCUT2D eigenvalue weighted by Gasteiger charge is 2.03. The number of nitrogens with zero attached hydrogens (tertiary/aromatic N) is 1. The molecule has 0 bridgehead atoms. The number of hydrogen-bond donors (Lipinski definition) is 0. The second-order valence-corrected chi connectivity index (χ2v) is 3.11. The Hall–Kier alpha value is -2.17. The number of carbonyl (C=O) groups excluding carboxylic acids is 1. The minimum absolute atomic E-state index is 0.141. The van der Waals surface area contributed by atoms with Crippen molar-refractivity contribution in [2.45, 2.75) is 6.61 Å². The van der Waals surface area contributed by atoms with Gasteiger partial charge in [-0.25, -0.2) is 4.39 Å². The van der Waals surface area contributed by atoms with Gasteiger partial charge in [0.1, 0.15) is 24.5 Å². The average Bonchev–Trinajstić information content (AvgIpc) is 2.78. The Morgan fingerprint density at radius 3 is 3.00 bits per heavy atom. The summed E-state index contributed by atoms with van der Waals surface area (Å²) in [5.74, 6) is 0.285. The van der Waals surface area contributed by atoms with Crippen LogP contribution in [0.4, 0.5) is 4.39 Å². The predicted octanol–water partition coefficient (Wildman–Crippen LogP) is 2.21. The van der Waals surface area contributed by atoms with Crippen molar-refractivity contribution >= 4 is 6.29 Å². The van der Waals surface area contributed by atoms with E-state index in [1.807, 2.05) is 0 Å². The minimum atomic E-state index is -0.517. The maximum atomic E-state index is 13.0. The van der Waals surface area contributed by atoms with Crippen molar-refractivity contribution in [1.82, 2.24) is 5.16 Å². The van der Waals surface area contributed by atoms with Crippen molar-refractivity contribution in [3.8, 4) is 5.75 Å². The van der Waals surface area contributed by atoms with Crippen LogP contribution < -0.4 is 4.74 Å². The highest BCUT2D eigenvalue weighted by Crippen LogP contribution is 2.16. The summed E-state index contributed by atoms with van der Waals surface area (Å²) < 4.78 is 23.1. The molecule has 0 atom stereocenters. The Morgan fingerprint density at radius 2 is 2.31 bits per heavy atom. The van der Waals surface area contributed by atoms with Gasteiger partial charge in [0.15, 0.2) is 5.76 Å². The van der Waals surface area contributed by atoms with E-state index in [1.165, 1.54) is 18.3 Å². The minimum Gasteiger partial charge on any atom is -0.485 e. The number of benzene rings is 1. The van der Waals surface area contributed by atoms with Gasteiger partial charge in [-0.05, 0) is 12.1 Å². The predicted molar refractivity (Wildman–Crippen MR) is 52.6 cm³/mol. The van der Waals surface area contributed by atoms with E-state index in [4.69, 9.17) is 9.26 Å². The molecule has 0 fully saturated rings. The van der Waals surface area contributed by atoms with Crippen LogP contribution in [0.15, 0.2) is 35.0 Å². The molecule has 1 aromatic heterocycles. The Morgan fingerprint density at radius 1 is 1.44 bits per heavy atom. The maximum Gasteiger partial charge on any atom is 0.174 e. The Kier molecular flexibility index (Phi) is 2.95. The van der Waals surface area contributed by atoms with Crippen molar-refractivity contribution in [1.29, 1.82) is 0 Å². The van der Waals surface area contributed by atoms with E-state index in [1.54, 1.807) is 6.07 Å². The van der Waals surface area contributed by atoms with Crippen LogP contribution >= 0.6 is 0 Å². The Balaban J connectivity index is 2.09. The molecular weight excluding hydrogens is 213 g/mol. The van der Waals surface area contributed by atoms with E-state index >= 15 is 0 Å². The Bertz CT molecular complexity index is 482. The van der Waals surface area contributed by atoms with Crippen LogP contribution in [0.25, 0.3) is 0 Å². The quantitative estimate of drug-likeness (QED) is 0.742. The largest absolute Gasteiger partial charge is 0.485 e. The number of ether oxygens (including phenoxy) is 1. The topological polar surface area (TPSA) is 52.3 Å². The van der Waals surface area contributed by atoms with Gasteiger partial charge in [-0.1, -0.05) is 5.16 Å². The zero-order valence-electron chi connectivity index (χ0n) is 8.22. The molecular formula is C11H8FNO3. The van der Waals surface area contributed by atoms with E-state index in [0.29, 0.717) is 12.0 Å². The monoisotopic (exact) mass is 221 g/mol. The molecule has 4 nitrogen and oxygen atoms in total. The summed E-state index contributed by atoms with van der Waals surface area (Å²) in [6.45, 7) is 0.141. The number of halogens is 1. The lowest BCUT2D eigenvalue weighted by molar-refractivity contribution is 0.112. The number of rotatable bonds is 4. The average molecular weight is 221 g/mol. The molecule has 0 aliphatic heterocycles.